The van der Waals surface area contributed by atoms with Crippen LogP contribution < -0.4 is 18.6 Å². The number of phosphoric acid groups is 1. The van der Waals surface area contributed by atoms with E-state index in [1.54, 1.807) is 29.5 Å². The Morgan fingerprint density at radius 2 is 1.44 bits per heavy atom. The predicted octanol–water partition coefficient (Wildman–Crippen LogP) is 9.06. The van der Waals surface area contributed by atoms with Crippen molar-refractivity contribution in [3.05, 3.63) is 70.7 Å². The van der Waals surface area contributed by atoms with E-state index in [2.05, 4.69) is 17.7 Å². The third-order valence-electron chi connectivity index (χ3n) is 7.47. The summed E-state index contributed by atoms with van der Waals surface area (Å²) >= 11 is 1.66. The standard InChI is InChI=1S/C35H52NO7PS/c1-4-5-6-7-8-9-10-11-12-13-14-15-22-40-32-19-17-20-33(24-32)41-27-35(39-3)28-42-44(37,38)43-34-21-16-18-31(23-34)26-36-25-30(2)45-29-36/h16-21,23-25,29,35H,4-15,22,26-28H2,1-3H3/p+1. The molecule has 0 radical (unpaired) electrons. The second-order valence-electron chi connectivity index (χ2n) is 11.5. The Morgan fingerprint density at radius 3 is 2.09 bits per heavy atom. The lowest BCUT2D eigenvalue weighted by atomic mass is 10.1. The molecule has 2 aromatic carbocycles. The number of ether oxygens (including phenoxy) is 3. The van der Waals surface area contributed by atoms with Crippen molar-refractivity contribution >= 4 is 19.2 Å². The van der Waals surface area contributed by atoms with Crippen molar-refractivity contribution in [2.45, 2.75) is 104 Å². The summed E-state index contributed by atoms with van der Waals surface area (Å²) in [5.41, 5.74) is 2.97. The first-order valence-corrected chi connectivity index (χ1v) is 18.8. The third kappa shape index (κ3) is 16.1. The van der Waals surface area contributed by atoms with Crippen LogP contribution in [-0.4, -0.2) is 37.9 Å². The molecule has 0 aliphatic carbocycles. The molecule has 0 saturated carbocycles. The molecule has 2 atom stereocenters. The lowest BCUT2D eigenvalue weighted by molar-refractivity contribution is -0.683. The van der Waals surface area contributed by atoms with Crippen LogP contribution in [0, 0.1) is 6.92 Å². The van der Waals surface area contributed by atoms with Crippen LogP contribution in [0.15, 0.2) is 60.2 Å². The number of benzene rings is 2. The first-order chi connectivity index (χ1) is 21.9. The Bertz CT molecular complexity index is 1270. The summed E-state index contributed by atoms with van der Waals surface area (Å²) in [6.45, 7) is 5.57. The van der Waals surface area contributed by atoms with Gasteiger partial charge in [0, 0.05) is 18.7 Å². The first kappa shape index (κ1) is 37.0. The highest BCUT2D eigenvalue weighted by Crippen LogP contribution is 2.44. The molecule has 0 amide bonds. The molecule has 0 fully saturated rings. The monoisotopic (exact) mass is 662 g/mol. The first-order valence-electron chi connectivity index (χ1n) is 16.5. The van der Waals surface area contributed by atoms with E-state index in [0.717, 1.165) is 17.7 Å². The van der Waals surface area contributed by atoms with E-state index in [-0.39, 0.29) is 19.0 Å². The van der Waals surface area contributed by atoms with Crippen molar-refractivity contribution < 1.29 is 37.3 Å². The molecule has 45 heavy (non-hydrogen) atoms. The average molecular weight is 663 g/mol. The van der Waals surface area contributed by atoms with Crippen molar-refractivity contribution in [3.8, 4) is 17.2 Å². The van der Waals surface area contributed by atoms with E-state index in [1.165, 1.54) is 82.6 Å². The number of nitrogens with zero attached hydrogens (tertiary/aromatic N) is 1. The average Bonchev–Trinajstić information content (AvgIpc) is 3.43. The van der Waals surface area contributed by atoms with Gasteiger partial charge in [0.05, 0.1) is 18.1 Å². The maximum atomic E-state index is 12.7. The summed E-state index contributed by atoms with van der Waals surface area (Å²) in [6, 6.07) is 14.6. The highest BCUT2D eigenvalue weighted by molar-refractivity contribution is 7.47. The van der Waals surface area contributed by atoms with Gasteiger partial charge in [-0.25, -0.2) is 4.57 Å². The van der Waals surface area contributed by atoms with Crippen LogP contribution in [0.5, 0.6) is 17.2 Å². The van der Waals surface area contributed by atoms with E-state index >= 15 is 0 Å². The van der Waals surface area contributed by atoms with E-state index in [9.17, 15) is 9.46 Å². The fraction of sp³-hybridized carbons (Fsp3) is 0.571. The minimum absolute atomic E-state index is 0.130. The summed E-state index contributed by atoms with van der Waals surface area (Å²) in [5.74, 6) is 1.64. The maximum absolute atomic E-state index is 12.7. The zero-order chi connectivity index (χ0) is 32.2. The molecule has 1 heterocycles. The molecular formula is C35H53NO7PS+. The van der Waals surface area contributed by atoms with E-state index in [4.69, 9.17) is 23.3 Å². The van der Waals surface area contributed by atoms with Gasteiger partial charge in [0.1, 0.15) is 30.0 Å². The third-order valence-corrected chi connectivity index (χ3v) is 9.24. The van der Waals surface area contributed by atoms with E-state index in [0.29, 0.717) is 18.9 Å². The van der Waals surface area contributed by atoms with Gasteiger partial charge >= 0.3 is 7.82 Å². The number of thiazole rings is 1. The van der Waals surface area contributed by atoms with Crippen LogP contribution in [0.3, 0.4) is 0 Å². The smallest absolute Gasteiger partial charge is 0.493 e. The molecule has 2 unspecified atom stereocenters. The number of unbranched alkanes of at least 4 members (excludes halogenated alkanes) is 11. The van der Waals surface area contributed by atoms with Crippen molar-refractivity contribution in [1.82, 2.24) is 0 Å². The van der Waals surface area contributed by atoms with Gasteiger partial charge in [0.25, 0.3) is 0 Å². The molecule has 10 heteroatoms. The van der Waals surface area contributed by atoms with Gasteiger partial charge in [0.15, 0.2) is 12.7 Å². The number of aromatic nitrogens is 1. The molecule has 3 aromatic rings. The van der Waals surface area contributed by atoms with Crippen molar-refractivity contribution in [2.75, 3.05) is 26.9 Å². The second-order valence-corrected chi connectivity index (χ2v) is 14.0. The number of hydrogen-bond acceptors (Lipinski definition) is 7. The minimum atomic E-state index is -4.38. The van der Waals surface area contributed by atoms with Gasteiger partial charge in [-0.05, 0) is 37.6 Å². The molecule has 1 N–H and O–H groups in total. The molecule has 0 aliphatic heterocycles. The Kier molecular flexibility index (Phi) is 17.6. The van der Waals surface area contributed by atoms with Gasteiger partial charge in [-0.2, -0.15) is 4.57 Å². The fourth-order valence-corrected chi connectivity index (χ4v) is 6.36. The zero-order valence-corrected chi connectivity index (χ0v) is 29.1. The van der Waals surface area contributed by atoms with Gasteiger partial charge in [0.2, 0.25) is 5.51 Å². The quantitative estimate of drug-likeness (QED) is 0.0550. The predicted molar refractivity (Wildman–Crippen MR) is 181 cm³/mol. The SMILES string of the molecule is CCCCCCCCCCCCCCOc1cccc(OCC(COP(=O)(O)Oc2cccc(C[n+]3csc(C)c3)c2)OC)c1. The fourth-order valence-electron chi connectivity index (χ4n) is 4.94. The second kappa shape index (κ2) is 21.4. The Labute approximate surface area is 274 Å². The Hall–Kier alpha value is -2.42. The molecule has 250 valence electrons. The lowest BCUT2D eigenvalue weighted by Crippen LogP contribution is -2.30. The van der Waals surface area contributed by atoms with Crippen LogP contribution >= 0.6 is 19.2 Å². The van der Waals surface area contributed by atoms with Crippen molar-refractivity contribution in [3.63, 3.8) is 0 Å². The van der Waals surface area contributed by atoms with Crippen LogP contribution in [0.25, 0.3) is 0 Å². The number of aryl methyl sites for hydroxylation is 1. The van der Waals surface area contributed by atoms with Crippen LogP contribution in [-0.2, 0) is 20.4 Å². The van der Waals surface area contributed by atoms with Gasteiger partial charge in [-0.3, -0.25) is 9.42 Å². The number of rotatable bonds is 25. The molecule has 3 rings (SSSR count). The molecule has 0 aliphatic rings. The normalized spacial score (nSPS) is 13.3. The topological polar surface area (TPSA) is 87.3 Å². The zero-order valence-electron chi connectivity index (χ0n) is 27.4. The molecular weight excluding hydrogens is 609 g/mol. The van der Waals surface area contributed by atoms with Gasteiger partial charge in [-0.1, -0.05) is 107 Å². The van der Waals surface area contributed by atoms with Crippen LogP contribution in [0.4, 0.5) is 0 Å². The largest absolute Gasteiger partial charge is 0.527 e. The number of phosphoric ester groups is 1. The van der Waals surface area contributed by atoms with E-state index in [1.807, 2.05) is 42.8 Å². The Morgan fingerprint density at radius 1 is 0.822 bits per heavy atom. The van der Waals surface area contributed by atoms with Crippen molar-refractivity contribution in [2.24, 2.45) is 0 Å². The highest BCUT2D eigenvalue weighted by Gasteiger charge is 2.26. The molecule has 8 nitrogen and oxygen atoms in total. The summed E-state index contributed by atoms with van der Waals surface area (Å²) in [4.78, 5) is 11.5. The summed E-state index contributed by atoms with van der Waals surface area (Å²) in [7, 11) is -2.88. The number of methoxy groups -OCH3 is 1. The molecule has 0 spiro atoms. The minimum Gasteiger partial charge on any atom is -0.493 e. The summed E-state index contributed by atoms with van der Waals surface area (Å²) < 4.78 is 42.5. The molecule has 1 aromatic heterocycles. The molecule has 0 bridgehead atoms. The van der Waals surface area contributed by atoms with Gasteiger partial charge < -0.3 is 18.7 Å². The van der Waals surface area contributed by atoms with E-state index < -0.39 is 13.9 Å². The molecule has 0 saturated heterocycles. The van der Waals surface area contributed by atoms with Crippen LogP contribution in [0.1, 0.15) is 94.4 Å². The lowest BCUT2D eigenvalue weighted by Gasteiger charge is -2.19. The Balaban J connectivity index is 1.30. The summed E-state index contributed by atoms with van der Waals surface area (Å²) in [6.07, 6.45) is 17.2. The highest BCUT2D eigenvalue weighted by atomic mass is 32.1. The summed E-state index contributed by atoms with van der Waals surface area (Å²) in [5, 5.41) is 0. The number of hydrogen-bond donors (Lipinski definition) is 1. The maximum Gasteiger partial charge on any atom is 0.527 e. The van der Waals surface area contributed by atoms with Crippen molar-refractivity contribution in [1.29, 1.82) is 0 Å². The van der Waals surface area contributed by atoms with Gasteiger partial charge in [-0.15, -0.1) is 0 Å². The van der Waals surface area contributed by atoms with Crippen LogP contribution in [0.2, 0.25) is 0 Å².